The highest BCUT2D eigenvalue weighted by atomic mass is 79.9. The van der Waals surface area contributed by atoms with Gasteiger partial charge in [-0.3, -0.25) is 19.5 Å². The van der Waals surface area contributed by atoms with Gasteiger partial charge in [0.25, 0.3) is 5.56 Å². The molecule has 13 heteroatoms. The Bertz CT molecular complexity index is 1990. The standard InChI is InChI=1S/C30H22BrCl2N3O6S/c1-3-41-29(38)25-16(2)34-30-35(26(25)20-9-4-5-10-22(20)33)28(37)24(43-30)14-18-12-21(31)27(23(13-18)36(39)40)42-15-17-7-6-8-19(32)11-17/h4-14,26H,3,15H2,1-2H3/b24-14-/t26-/m0/s1. The fourth-order valence-corrected chi connectivity index (χ4v) is 6.76. The van der Waals surface area contributed by atoms with Crippen molar-refractivity contribution < 1.29 is 19.2 Å². The molecule has 43 heavy (non-hydrogen) atoms. The highest BCUT2D eigenvalue weighted by Crippen LogP contribution is 2.38. The highest BCUT2D eigenvalue weighted by molar-refractivity contribution is 9.10. The molecule has 0 bridgehead atoms. The van der Waals surface area contributed by atoms with E-state index in [1.807, 2.05) is 0 Å². The number of ether oxygens (including phenoxy) is 2. The summed E-state index contributed by atoms with van der Waals surface area (Å²) in [5.74, 6) is -0.562. The number of esters is 1. The summed E-state index contributed by atoms with van der Waals surface area (Å²) < 4.78 is 13.1. The van der Waals surface area contributed by atoms with Crippen LogP contribution in [0.15, 0.2) is 86.2 Å². The molecule has 0 N–H and O–H groups in total. The number of thiazole rings is 1. The number of fused-ring (bicyclic) bond motifs is 1. The van der Waals surface area contributed by atoms with E-state index in [2.05, 4.69) is 20.9 Å². The largest absolute Gasteiger partial charge is 0.481 e. The third-order valence-electron chi connectivity index (χ3n) is 6.53. The molecule has 0 spiro atoms. The number of nitro groups is 1. The van der Waals surface area contributed by atoms with Crippen LogP contribution in [0.25, 0.3) is 6.08 Å². The van der Waals surface area contributed by atoms with Gasteiger partial charge in [-0.15, -0.1) is 0 Å². The number of hydrogen-bond acceptors (Lipinski definition) is 8. The lowest BCUT2D eigenvalue weighted by atomic mass is 9.96. The Kier molecular flexibility index (Phi) is 9.16. The first-order chi connectivity index (χ1) is 20.6. The highest BCUT2D eigenvalue weighted by Gasteiger charge is 2.34. The molecule has 0 fully saturated rings. The van der Waals surface area contributed by atoms with E-state index in [-0.39, 0.29) is 34.8 Å². The summed E-state index contributed by atoms with van der Waals surface area (Å²) in [6.07, 6.45) is 1.54. The van der Waals surface area contributed by atoms with Crippen molar-refractivity contribution in [2.45, 2.75) is 26.5 Å². The maximum absolute atomic E-state index is 13.9. The minimum absolute atomic E-state index is 0.0389. The first kappa shape index (κ1) is 30.7. The number of halogens is 3. The van der Waals surface area contributed by atoms with Gasteiger partial charge >= 0.3 is 11.7 Å². The quantitative estimate of drug-likeness (QED) is 0.120. The van der Waals surface area contributed by atoms with Crippen molar-refractivity contribution in [3.8, 4) is 5.75 Å². The Hall–Kier alpha value is -3.77. The van der Waals surface area contributed by atoms with Crippen LogP contribution in [0.2, 0.25) is 10.0 Å². The van der Waals surface area contributed by atoms with Crippen LogP contribution >= 0.6 is 50.5 Å². The summed E-state index contributed by atoms with van der Waals surface area (Å²) in [7, 11) is 0. The van der Waals surface area contributed by atoms with Crippen molar-refractivity contribution >= 4 is 68.2 Å². The van der Waals surface area contributed by atoms with Crippen molar-refractivity contribution in [3.05, 3.63) is 133 Å². The molecule has 2 heterocycles. The van der Waals surface area contributed by atoms with Crippen molar-refractivity contribution in [3.63, 3.8) is 0 Å². The molecule has 0 saturated heterocycles. The van der Waals surface area contributed by atoms with Gasteiger partial charge in [-0.25, -0.2) is 9.79 Å². The predicted molar refractivity (Wildman–Crippen MR) is 168 cm³/mol. The lowest BCUT2D eigenvalue weighted by molar-refractivity contribution is -0.386. The summed E-state index contributed by atoms with van der Waals surface area (Å²) in [4.78, 5) is 43.3. The van der Waals surface area contributed by atoms with Gasteiger partial charge in [0.15, 0.2) is 4.80 Å². The van der Waals surface area contributed by atoms with E-state index in [0.29, 0.717) is 36.1 Å². The molecule has 0 aliphatic carbocycles. The Morgan fingerprint density at radius 2 is 1.95 bits per heavy atom. The lowest BCUT2D eigenvalue weighted by Crippen LogP contribution is -2.40. The molecule has 5 rings (SSSR count). The van der Waals surface area contributed by atoms with Crippen LogP contribution in [0.3, 0.4) is 0 Å². The van der Waals surface area contributed by atoms with Gasteiger partial charge in [-0.1, -0.05) is 64.9 Å². The van der Waals surface area contributed by atoms with Gasteiger partial charge in [0.1, 0.15) is 12.6 Å². The van der Waals surface area contributed by atoms with E-state index >= 15 is 0 Å². The summed E-state index contributed by atoms with van der Waals surface area (Å²) in [5, 5.41) is 12.9. The summed E-state index contributed by atoms with van der Waals surface area (Å²) in [5.41, 5.74) is 1.53. The number of aromatic nitrogens is 1. The number of benzene rings is 3. The van der Waals surface area contributed by atoms with E-state index in [1.54, 1.807) is 68.4 Å². The molecule has 1 atom stereocenters. The maximum Gasteiger partial charge on any atom is 0.338 e. The van der Waals surface area contributed by atoms with Crippen LogP contribution in [0.4, 0.5) is 5.69 Å². The topological polar surface area (TPSA) is 113 Å². The second kappa shape index (κ2) is 12.8. The van der Waals surface area contributed by atoms with Crippen LogP contribution < -0.4 is 19.6 Å². The minimum Gasteiger partial charge on any atom is -0.481 e. The lowest BCUT2D eigenvalue weighted by Gasteiger charge is -2.25. The number of carbonyl (C=O) groups excluding carboxylic acids is 1. The third-order valence-corrected chi connectivity index (χ3v) is 8.68. The van der Waals surface area contributed by atoms with E-state index in [9.17, 15) is 19.7 Å². The smallest absolute Gasteiger partial charge is 0.338 e. The number of carbonyl (C=O) groups is 1. The number of rotatable bonds is 8. The van der Waals surface area contributed by atoms with Gasteiger partial charge in [0.2, 0.25) is 5.75 Å². The van der Waals surface area contributed by atoms with E-state index in [0.717, 1.165) is 16.9 Å². The molecular formula is C30H22BrCl2N3O6S. The predicted octanol–water partition coefficient (Wildman–Crippen LogP) is 6.35. The molecule has 0 unspecified atom stereocenters. The average molecular weight is 703 g/mol. The Morgan fingerprint density at radius 1 is 1.19 bits per heavy atom. The average Bonchev–Trinajstić information content (AvgIpc) is 3.25. The minimum atomic E-state index is -0.880. The fraction of sp³-hybridized carbons (Fsp3) is 0.167. The molecule has 220 valence electrons. The maximum atomic E-state index is 13.9. The third kappa shape index (κ3) is 6.30. The summed E-state index contributed by atoms with van der Waals surface area (Å²) in [6, 6.07) is 16.0. The second-order valence-corrected chi connectivity index (χ2v) is 12.1. The molecule has 0 radical (unpaired) electrons. The molecule has 9 nitrogen and oxygen atoms in total. The van der Waals surface area contributed by atoms with Gasteiger partial charge in [-0.05, 0) is 76.8 Å². The van der Waals surface area contributed by atoms with E-state index < -0.39 is 22.5 Å². The van der Waals surface area contributed by atoms with Crippen LogP contribution in [-0.2, 0) is 16.1 Å². The molecule has 1 aliphatic heterocycles. The van der Waals surface area contributed by atoms with Crippen molar-refractivity contribution in [1.82, 2.24) is 4.57 Å². The normalized spacial score (nSPS) is 14.7. The van der Waals surface area contributed by atoms with Gasteiger partial charge in [-0.2, -0.15) is 0 Å². The molecule has 3 aromatic carbocycles. The number of nitrogens with zero attached hydrogens (tertiary/aromatic N) is 3. The van der Waals surface area contributed by atoms with Gasteiger partial charge in [0.05, 0.1) is 31.8 Å². The van der Waals surface area contributed by atoms with Crippen LogP contribution in [0.5, 0.6) is 5.75 Å². The zero-order valence-electron chi connectivity index (χ0n) is 22.7. The van der Waals surface area contributed by atoms with Crippen molar-refractivity contribution in [2.75, 3.05) is 6.61 Å². The van der Waals surface area contributed by atoms with Crippen molar-refractivity contribution in [2.24, 2.45) is 4.99 Å². The molecular weight excluding hydrogens is 681 g/mol. The first-order valence-electron chi connectivity index (χ1n) is 12.9. The zero-order chi connectivity index (χ0) is 30.8. The van der Waals surface area contributed by atoms with Crippen LogP contribution in [0.1, 0.15) is 36.6 Å². The Balaban J connectivity index is 1.61. The zero-order valence-corrected chi connectivity index (χ0v) is 26.6. The van der Waals surface area contributed by atoms with Gasteiger partial charge in [0, 0.05) is 16.1 Å². The first-order valence-corrected chi connectivity index (χ1v) is 15.2. The summed E-state index contributed by atoms with van der Waals surface area (Å²) in [6.45, 7) is 3.57. The molecule has 1 aromatic heterocycles. The van der Waals surface area contributed by atoms with Crippen LogP contribution in [0, 0.1) is 10.1 Å². The number of hydrogen-bond donors (Lipinski definition) is 0. The number of allylic oxidation sites excluding steroid dienone is 1. The summed E-state index contributed by atoms with van der Waals surface area (Å²) >= 11 is 17.1. The van der Waals surface area contributed by atoms with E-state index in [1.165, 1.54) is 16.7 Å². The second-order valence-electron chi connectivity index (χ2n) is 9.35. The SMILES string of the molecule is CCOC(=O)C1=C(C)N=c2s/c(=C\c3cc(Br)c(OCc4cccc(Cl)c4)c([N+](=O)[O-])c3)c(=O)n2[C@H]1c1ccccc1Cl. The van der Waals surface area contributed by atoms with Crippen LogP contribution in [-0.4, -0.2) is 22.1 Å². The molecule has 0 amide bonds. The van der Waals surface area contributed by atoms with Gasteiger partial charge < -0.3 is 9.47 Å². The Labute approximate surface area is 267 Å². The van der Waals surface area contributed by atoms with Crippen molar-refractivity contribution in [1.29, 1.82) is 0 Å². The number of nitro benzene ring substituents is 1. The Morgan fingerprint density at radius 3 is 2.65 bits per heavy atom. The fourth-order valence-electron chi connectivity index (χ4n) is 4.68. The molecule has 1 aliphatic rings. The molecule has 4 aromatic rings. The van der Waals surface area contributed by atoms with E-state index in [4.69, 9.17) is 32.7 Å². The monoisotopic (exact) mass is 701 g/mol. The molecule has 0 saturated carbocycles.